The number of para-hydroxylation sites is 7. The first-order valence-electron chi connectivity index (χ1n) is 26.4. The van der Waals surface area contributed by atoms with Crippen LogP contribution in [0.5, 0.6) is 0 Å². The zero-order valence-electron chi connectivity index (χ0n) is 41.3. The van der Waals surface area contributed by atoms with Crippen LogP contribution in [0.3, 0.4) is 0 Å². The molecule has 0 amide bonds. The average molecular weight is 999 g/mol. The molecule has 0 fully saturated rings. The molecular weight excluding hydrogens is 958 g/mol. The zero-order chi connectivity index (χ0) is 50.0. The number of fused-ring (bicyclic) bond motifs is 18. The summed E-state index contributed by atoms with van der Waals surface area (Å²) >= 11 is 1.93. The van der Waals surface area contributed by atoms with Gasteiger partial charge in [0.1, 0.15) is 22.3 Å². The summed E-state index contributed by atoms with van der Waals surface area (Å²) < 4.78 is 16.6. The van der Waals surface area contributed by atoms with E-state index in [1.165, 1.54) is 47.9 Å². The van der Waals surface area contributed by atoms with Gasteiger partial charge in [-0.3, -0.25) is 0 Å². The van der Waals surface area contributed by atoms with Gasteiger partial charge in [0.2, 0.25) is 0 Å². The van der Waals surface area contributed by atoms with Gasteiger partial charge < -0.3 is 28.4 Å². The largest absolute Gasteiger partial charge is 0.456 e. The molecule has 0 aliphatic carbocycles. The topological polar surface area (TPSA) is 39.2 Å². The molecule has 0 N–H and O–H groups in total. The van der Waals surface area contributed by atoms with E-state index in [4.69, 9.17) is 8.83 Å². The van der Waals surface area contributed by atoms with Crippen molar-refractivity contribution in [2.75, 3.05) is 19.6 Å². The number of benzene rings is 11. The van der Waals surface area contributed by atoms with Crippen molar-refractivity contribution >= 4 is 179 Å². The molecule has 18 rings (SSSR count). The van der Waals surface area contributed by atoms with Gasteiger partial charge in [0.25, 0.3) is 13.4 Å². The van der Waals surface area contributed by atoms with Gasteiger partial charge in [0.15, 0.2) is 0 Å². The van der Waals surface area contributed by atoms with Gasteiger partial charge in [-0.25, -0.2) is 0 Å². The Labute approximate surface area is 447 Å². The molecular formula is C68H40B2N4O2S. The number of hydrogen-bond donors (Lipinski definition) is 0. The normalized spacial score (nSPS) is 13.8. The molecule has 356 valence electrons. The molecule has 7 heterocycles. The average Bonchev–Trinajstić information content (AvgIpc) is 4.41. The predicted octanol–water partition coefficient (Wildman–Crippen LogP) is 14.9. The molecule has 0 bridgehead atoms. The van der Waals surface area contributed by atoms with E-state index in [0.717, 1.165) is 106 Å². The maximum Gasteiger partial charge on any atom is 0.264 e. The minimum absolute atomic E-state index is 0.142. The summed E-state index contributed by atoms with van der Waals surface area (Å²) in [5.74, 6) is 0. The Bertz CT molecular complexity index is 4810. The van der Waals surface area contributed by atoms with Crippen molar-refractivity contribution in [3.05, 3.63) is 243 Å². The van der Waals surface area contributed by atoms with Crippen molar-refractivity contribution in [1.29, 1.82) is 0 Å². The van der Waals surface area contributed by atoms with Gasteiger partial charge >= 0.3 is 0 Å². The molecule has 4 aliphatic rings. The van der Waals surface area contributed by atoms with E-state index >= 15 is 0 Å². The number of rotatable bonds is 4. The van der Waals surface area contributed by atoms with Crippen LogP contribution in [0, 0.1) is 0 Å². The molecule has 9 heteroatoms. The van der Waals surface area contributed by atoms with Crippen LogP contribution >= 0.6 is 11.3 Å². The summed E-state index contributed by atoms with van der Waals surface area (Å²) in [7, 11) is 0. The number of furan rings is 2. The summed E-state index contributed by atoms with van der Waals surface area (Å²) in [6, 6.07) is 88.8. The molecule has 77 heavy (non-hydrogen) atoms. The smallest absolute Gasteiger partial charge is 0.264 e. The van der Waals surface area contributed by atoms with Crippen LogP contribution in [-0.2, 0) is 0 Å². The molecule has 11 aromatic carbocycles. The van der Waals surface area contributed by atoms with E-state index in [2.05, 4.69) is 262 Å². The number of anilines is 12. The number of nitrogens with zero attached hydrogens (tertiary/aromatic N) is 4. The zero-order valence-corrected chi connectivity index (χ0v) is 42.1. The molecule has 4 aliphatic heterocycles. The standard InChI is InChI=1S/C68H40B2N4O2S/c1-5-21-41(22-6-1)71-52-38-53-50(37-49(52)69-48-32-16-17-33-51(48)73(43-25-9-3-10-26-43)66-61-45-29-13-18-34-56(45)75-58(61)39-54(71)63(66)69)70-64-55(72(53)42-23-7-2-8-24-42)40-59-62(46-30-14-19-35-57(46)76-59)67(64)74(44-27-11-4-12-28-44)65-47-31-15-20-36-60(47)77-68(65)70/h1-40H. The van der Waals surface area contributed by atoms with Gasteiger partial charge in [-0.15, -0.1) is 11.3 Å². The van der Waals surface area contributed by atoms with E-state index < -0.39 is 0 Å². The van der Waals surface area contributed by atoms with E-state index in [1.54, 1.807) is 0 Å². The van der Waals surface area contributed by atoms with Crippen molar-refractivity contribution in [3.8, 4) is 0 Å². The van der Waals surface area contributed by atoms with Crippen molar-refractivity contribution in [2.45, 2.75) is 0 Å². The lowest BCUT2D eigenvalue weighted by Crippen LogP contribution is -2.65. The molecule has 0 saturated heterocycles. The second-order valence-corrected chi connectivity index (χ2v) is 21.7. The molecule has 0 unspecified atom stereocenters. The first-order valence-corrected chi connectivity index (χ1v) is 27.2. The third-order valence-electron chi connectivity index (χ3n) is 16.7. The van der Waals surface area contributed by atoms with Crippen LogP contribution < -0.4 is 51.7 Å². The highest BCUT2D eigenvalue weighted by Gasteiger charge is 2.50. The fraction of sp³-hybridized carbons (Fsp3) is 0. The Kier molecular flexibility index (Phi) is 8.35. The molecule has 0 saturated carbocycles. The molecule has 0 radical (unpaired) electrons. The van der Waals surface area contributed by atoms with E-state index in [0.29, 0.717) is 0 Å². The Morgan fingerprint density at radius 1 is 0.299 bits per heavy atom. The Balaban J connectivity index is 1.02. The maximum atomic E-state index is 7.04. The maximum absolute atomic E-state index is 7.04. The SMILES string of the molecule is c1ccc(N2c3cc4c(cc3B3c5ccccc5N(c5ccccc5)c5c3c2cc2oc3ccccc3c52)B2c3sc5ccccc5c3N(c3ccccc3)c3c2c(cc2oc5ccccc5c32)N4c2ccccc2)cc1. The van der Waals surface area contributed by atoms with Crippen LogP contribution in [0.2, 0.25) is 0 Å². The van der Waals surface area contributed by atoms with Gasteiger partial charge in [0.05, 0.1) is 27.8 Å². The summed E-state index contributed by atoms with van der Waals surface area (Å²) in [6.45, 7) is -0.288. The fourth-order valence-electron chi connectivity index (χ4n) is 13.8. The second kappa shape index (κ2) is 15.4. The van der Waals surface area contributed by atoms with Crippen LogP contribution in [0.25, 0.3) is 54.0 Å². The molecule has 3 aromatic heterocycles. The number of thiophene rings is 1. The van der Waals surface area contributed by atoms with Crippen LogP contribution in [0.15, 0.2) is 251 Å². The lowest BCUT2D eigenvalue weighted by Gasteiger charge is -2.47. The van der Waals surface area contributed by atoms with E-state index in [9.17, 15) is 0 Å². The quantitative estimate of drug-likeness (QED) is 0.164. The van der Waals surface area contributed by atoms with E-state index in [-0.39, 0.29) is 13.4 Å². The highest BCUT2D eigenvalue weighted by molar-refractivity contribution is 7.33. The predicted molar refractivity (Wildman–Crippen MR) is 324 cm³/mol. The Hall–Kier alpha value is -9.69. The Morgan fingerprint density at radius 2 is 0.740 bits per heavy atom. The monoisotopic (exact) mass is 998 g/mol. The van der Waals surface area contributed by atoms with E-state index in [1.807, 2.05) is 11.3 Å². The molecule has 6 nitrogen and oxygen atoms in total. The lowest BCUT2D eigenvalue weighted by atomic mass is 9.31. The van der Waals surface area contributed by atoms with Crippen molar-refractivity contribution in [3.63, 3.8) is 0 Å². The third kappa shape index (κ3) is 5.55. The van der Waals surface area contributed by atoms with Crippen molar-refractivity contribution in [2.24, 2.45) is 0 Å². The third-order valence-corrected chi connectivity index (χ3v) is 18.0. The van der Waals surface area contributed by atoms with Gasteiger partial charge in [0, 0.05) is 89.0 Å². The summed E-state index contributed by atoms with van der Waals surface area (Å²) in [5.41, 5.74) is 23.3. The van der Waals surface area contributed by atoms with Gasteiger partial charge in [-0.1, -0.05) is 152 Å². The second-order valence-electron chi connectivity index (χ2n) is 20.6. The van der Waals surface area contributed by atoms with Crippen molar-refractivity contribution in [1.82, 2.24) is 0 Å². The minimum Gasteiger partial charge on any atom is -0.456 e. The summed E-state index contributed by atoms with van der Waals surface area (Å²) in [6.07, 6.45) is 0. The van der Waals surface area contributed by atoms with Crippen LogP contribution in [0.4, 0.5) is 68.2 Å². The highest BCUT2D eigenvalue weighted by atomic mass is 32.1. The van der Waals surface area contributed by atoms with Gasteiger partial charge in [-0.05, 0) is 106 Å². The first-order chi connectivity index (χ1) is 38.2. The first kappa shape index (κ1) is 41.6. The summed E-state index contributed by atoms with van der Waals surface area (Å²) in [4.78, 5) is 10.1. The lowest BCUT2D eigenvalue weighted by molar-refractivity contribution is 0.668. The van der Waals surface area contributed by atoms with Crippen LogP contribution in [0.1, 0.15) is 0 Å². The Morgan fingerprint density at radius 3 is 1.32 bits per heavy atom. The van der Waals surface area contributed by atoms with Crippen LogP contribution in [-0.4, -0.2) is 13.4 Å². The molecule has 14 aromatic rings. The fourth-order valence-corrected chi connectivity index (χ4v) is 15.1. The molecule has 0 spiro atoms. The molecule has 0 atom stereocenters. The van der Waals surface area contributed by atoms with Crippen molar-refractivity contribution < 1.29 is 8.83 Å². The minimum atomic E-state index is -0.146. The highest BCUT2D eigenvalue weighted by Crippen LogP contribution is 2.54. The van der Waals surface area contributed by atoms with Gasteiger partial charge in [-0.2, -0.15) is 0 Å². The number of hydrogen-bond acceptors (Lipinski definition) is 7. The summed E-state index contributed by atoms with van der Waals surface area (Å²) in [5, 5.41) is 5.69.